The van der Waals surface area contributed by atoms with Crippen LogP contribution in [0.3, 0.4) is 0 Å². The molecule has 5 heteroatoms. The molecule has 94 valence electrons. The second-order valence-electron chi connectivity index (χ2n) is 4.20. The minimum atomic E-state index is -2.97. The molecule has 1 saturated carbocycles. The summed E-state index contributed by atoms with van der Waals surface area (Å²) in [6, 6.07) is 4.50. The zero-order valence-corrected chi connectivity index (χ0v) is 10.2. The molecular weight excluding hydrogens is 248 g/mol. The molecule has 1 N–H and O–H groups in total. The van der Waals surface area contributed by atoms with E-state index in [1.165, 1.54) is 25.3 Å². The molecular formula is C12H14ClF2NO. The van der Waals surface area contributed by atoms with Crippen molar-refractivity contribution in [3.05, 3.63) is 28.8 Å². The van der Waals surface area contributed by atoms with Crippen molar-refractivity contribution in [2.75, 3.05) is 13.7 Å². The highest BCUT2D eigenvalue weighted by Crippen LogP contribution is 2.36. The summed E-state index contributed by atoms with van der Waals surface area (Å²) < 4.78 is 32.9. The molecule has 0 saturated heterocycles. The molecule has 0 aliphatic heterocycles. The van der Waals surface area contributed by atoms with E-state index in [1.807, 2.05) is 0 Å². The highest BCUT2D eigenvalue weighted by molar-refractivity contribution is 6.30. The van der Waals surface area contributed by atoms with Crippen LogP contribution in [0.5, 0.6) is 5.75 Å². The van der Waals surface area contributed by atoms with Crippen molar-refractivity contribution in [3.8, 4) is 5.75 Å². The highest BCUT2D eigenvalue weighted by atomic mass is 35.5. The van der Waals surface area contributed by atoms with Gasteiger partial charge in [0.1, 0.15) is 5.75 Å². The van der Waals surface area contributed by atoms with E-state index in [-0.39, 0.29) is 28.9 Å². The van der Waals surface area contributed by atoms with Crippen molar-refractivity contribution >= 4 is 11.6 Å². The lowest BCUT2D eigenvalue weighted by molar-refractivity contribution is -0.00560. The average molecular weight is 262 g/mol. The Balaban J connectivity index is 2.19. The average Bonchev–Trinajstić information content (AvgIpc) is 3.10. The standard InChI is InChI=1S/C12H14ClF2NO/c1-17-11-5-2-8(13)6-10(11)12(14,15)7-16-9-3-4-9/h2,5-6,9,16H,3-4,7H2,1H3. The van der Waals surface area contributed by atoms with Crippen molar-refractivity contribution in [1.82, 2.24) is 5.32 Å². The molecule has 0 heterocycles. The predicted octanol–water partition coefficient (Wildman–Crippen LogP) is 3.19. The van der Waals surface area contributed by atoms with Crippen LogP contribution in [-0.2, 0) is 5.92 Å². The van der Waals surface area contributed by atoms with Gasteiger partial charge in [0.25, 0.3) is 5.92 Å². The summed E-state index contributed by atoms with van der Waals surface area (Å²) in [7, 11) is 1.37. The van der Waals surface area contributed by atoms with Crippen LogP contribution in [0, 0.1) is 0 Å². The number of alkyl halides is 2. The molecule has 0 spiro atoms. The lowest BCUT2D eigenvalue weighted by atomic mass is 10.1. The molecule has 0 bridgehead atoms. The van der Waals surface area contributed by atoms with E-state index < -0.39 is 5.92 Å². The Morgan fingerprint density at radius 2 is 2.18 bits per heavy atom. The molecule has 0 radical (unpaired) electrons. The Kier molecular flexibility index (Phi) is 3.54. The Labute approximate surface area is 104 Å². The van der Waals surface area contributed by atoms with E-state index >= 15 is 0 Å². The van der Waals surface area contributed by atoms with Crippen molar-refractivity contribution in [3.63, 3.8) is 0 Å². The van der Waals surface area contributed by atoms with Gasteiger partial charge in [-0.05, 0) is 31.0 Å². The number of hydrogen-bond acceptors (Lipinski definition) is 2. The summed E-state index contributed by atoms with van der Waals surface area (Å²) in [5, 5.41) is 3.10. The molecule has 1 fully saturated rings. The summed E-state index contributed by atoms with van der Waals surface area (Å²) in [5.74, 6) is -2.81. The van der Waals surface area contributed by atoms with Crippen molar-refractivity contribution < 1.29 is 13.5 Å². The van der Waals surface area contributed by atoms with Gasteiger partial charge < -0.3 is 10.1 Å². The fraction of sp³-hybridized carbons (Fsp3) is 0.500. The Morgan fingerprint density at radius 1 is 1.47 bits per heavy atom. The van der Waals surface area contributed by atoms with Gasteiger partial charge >= 0.3 is 0 Å². The van der Waals surface area contributed by atoms with Gasteiger partial charge in [0.15, 0.2) is 0 Å². The molecule has 1 aromatic carbocycles. The van der Waals surface area contributed by atoms with Gasteiger partial charge in [-0.2, -0.15) is 8.78 Å². The number of ether oxygens (including phenoxy) is 1. The molecule has 1 aliphatic carbocycles. The first-order valence-electron chi connectivity index (χ1n) is 5.48. The fourth-order valence-electron chi connectivity index (χ4n) is 1.62. The Morgan fingerprint density at radius 3 is 2.76 bits per heavy atom. The zero-order valence-electron chi connectivity index (χ0n) is 9.47. The third-order valence-electron chi connectivity index (χ3n) is 2.75. The lowest BCUT2D eigenvalue weighted by Crippen LogP contribution is -2.32. The van der Waals surface area contributed by atoms with Crippen molar-refractivity contribution in [1.29, 1.82) is 0 Å². The van der Waals surface area contributed by atoms with Crippen LogP contribution < -0.4 is 10.1 Å². The number of halogens is 3. The maximum absolute atomic E-state index is 14.0. The summed E-state index contributed by atoms with van der Waals surface area (Å²) in [6.45, 7) is -0.381. The monoisotopic (exact) mass is 261 g/mol. The van der Waals surface area contributed by atoms with E-state index in [0.717, 1.165) is 12.8 Å². The maximum atomic E-state index is 14.0. The third-order valence-corrected chi connectivity index (χ3v) is 2.98. The normalized spacial score (nSPS) is 16.0. The first-order valence-corrected chi connectivity index (χ1v) is 5.86. The van der Waals surface area contributed by atoms with Crippen LogP contribution in [0.2, 0.25) is 5.02 Å². The van der Waals surface area contributed by atoms with Gasteiger partial charge in [0.05, 0.1) is 19.2 Å². The number of nitrogens with one attached hydrogen (secondary N) is 1. The number of hydrogen-bond donors (Lipinski definition) is 1. The van der Waals surface area contributed by atoms with E-state index in [0.29, 0.717) is 0 Å². The minimum Gasteiger partial charge on any atom is -0.496 e. The fourth-order valence-corrected chi connectivity index (χ4v) is 1.79. The summed E-state index contributed by atoms with van der Waals surface area (Å²) in [5.41, 5.74) is -0.166. The van der Waals surface area contributed by atoms with Crippen LogP contribution in [0.1, 0.15) is 18.4 Å². The molecule has 2 rings (SSSR count). The minimum absolute atomic E-state index is 0.164. The third kappa shape index (κ3) is 3.07. The van der Waals surface area contributed by atoms with Crippen LogP contribution in [0.4, 0.5) is 8.78 Å². The second-order valence-corrected chi connectivity index (χ2v) is 4.64. The van der Waals surface area contributed by atoms with E-state index in [2.05, 4.69) is 5.32 Å². The molecule has 0 aromatic heterocycles. The number of rotatable bonds is 5. The van der Waals surface area contributed by atoms with Gasteiger partial charge in [-0.25, -0.2) is 0 Å². The topological polar surface area (TPSA) is 21.3 Å². The van der Waals surface area contributed by atoms with Crippen molar-refractivity contribution in [2.24, 2.45) is 0 Å². The van der Waals surface area contributed by atoms with Gasteiger partial charge in [-0.1, -0.05) is 11.6 Å². The van der Waals surface area contributed by atoms with Gasteiger partial charge in [-0.3, -0.25) is 0 Å². The smallest absolute Gasteiger partial charge is 0.289 e. The molecule has 1 aliphatic rings. The first kappa shape index (κ1) is 12.6. The summed E-state index contributed by atoms with van der Waals surface area (Å²) in [4.78, 5) is 0. The van der Waals surface area contributed by atoms with E-state index in [1.54, 1.807) is 0 Å². The quantitative estimate of drug-likeness (QED) is 0.879. The molecule has 17 heavy (non-hydrogen) atoms. The molecule has 0 unspecified atom stereocenters. The zero-order chi connectivity index (χ0) is 12.5. The van der Waals surface area contributed by atoms with Crippen LogP contribution in [0.25, 0.3) is 0 Å². The first-order chi connectivity index (χ1) is 8.03. The number of methoxy groups -OCH3 is 1. The highest BCUT2D eigenvalue weighted by Gasteiger charge is 2.36. The Hall–Kier alpha value is -0.870. The second kappa shape index (κ2) is 4.78. The van der Waals surface area contributed by atoms with E-state index in [9.17, 15) is 8.78 Å². The van der Waals surface area contributed by atoms with Crippen LogP contribution >= 0.6 is 11.6 Å². The molecule has 2 nitrogen and oxygen atoms in total. The molecule has 1 aromatic rings. The summed E-state index contributed by atoms with van der Waals surface area (Å²) in [6.07, 6.45) is 1.95. The number of benzene rings is 1. The predicted molar refractivity (Wildman–Crippen MR) is 62.9 cm³/mol. The van der Waals surface area contributed by atoms with Crippen LogP contribution in [-0.4, -0.2) is 19.7 Å². The Bertz CT molecular complexity index is 407. The largest absolute Gasteiger partial charge is 0.496 e. The van der Waals surface area contributed by atoms with Crippen molar-refractivity contribution in [2.45, 2.75) is 24.8 Å². The SMILES string of the molecule is COc1ccc(Cl)cc1C(F)(F)CNC1CC1. The summed E-state index contributed by atoms with van der Waals surface area (Å²) >= 11 is 5.75. The van der Waals surface area contributed by atoms with Gasteiger partial charge in [0, 0.05) is 11.1 Å². The van der Waals surface area contributed by atoms with Crippen LogP contribution in [0.15, 0.2) is 18.2 Å². The lowest BCUT2D eigenvalue weighted by Gasteiger charge is -2.20. The maximum Gasteiger partial charge on any atom is 0.289 e. The van der Waals surface area contributed by atoms with Gasteiger partial charge in [-0.15, -0.1) is 0 Å². The van der Waals surface area contributed by atoms with Gasteiger partial charge in [0.2, 0.25) is 0 Å². The van der Waals surface area contributed by atoms with E-state index in [4.69, 9.17) is 16.3 Å². The molecule has 0 atom stereocenters. The molecule has 0 amide bonds.